The fraction of sp³-hybridized carbons (Fsp3) is 0.250. The van der Waals surface area contributed by atoms with Crippen molar-refractivity contribution in [2.75, 3.05) is 0 Å². The highest BCUT2D eigenvalue weighted by molar-refractivity contribution is 6.11. The second-order valence-electron chi connectivity index (χ2n) is 8.19. The molecule has 0 amide bonds. The second kappa shape index (κ2) is 5.98. The summed E-state index contributed by atoms with van der Waals surface area (Å²) in [6, 6.07) is 19.0. The number of esters is 4. The minimum absolute atomic E-state index is 0.619. The maximum atomic E-state index is 12.7. The Labute approximate surface area is 171 Å². The van der Waals surface area contributed by atoms with Crippen molar-refractivity contribution >= 4 is 35.0 Å². The van der Waals surface area contributed by atoms with Gasteiger partial charge in [0.1, 0.15) is 0 Å². The Bertz CT molecular complexity index is 1020. The zero-order valence-corrected chi connectivity index (χ0v) is 15.7. The number of hydrogen-bond acceptors (Lipinski definition) is 6. The number of carbonyl (C=O) groups is 4. The first-order valence-corrected chi connectivity index (χ1v) is 9.94. The predicted octanol–water partition coefficient (Wildman–Crippen LogP) is 2.49. The quantitative estimate of drug-likeness (QED) is 0.569. The molecule has 2 unspecified atom stereocenters. The summed E-state index contributed by atoms with van der Waals surface area (Å²) in [6.45, 7) is 0. The first-order chi connectivity index (χ1) is 14.6. The molecule has 0 spiro atoms. The first kappa shape index (κ1) is 17.3. The van der Waals surface area contributed by atoms with Gasteiger partial charge < -0.3 is 9.47 Å². The standard InChI is InChI=1S/C24H16O6/c25-21-17-15-13(11-7-3-1-4-8-11)14(12-9-5-2-6-10-12)16(19(17)23(27)29-21)20-18(15)22(26)30-24(20)28/h1-10,15-20H/t15?,16?,17-,18+,19-,20+. The van der Waals surface area contributed by atoms with Crippen LogP contribution in [0.1, 0.15) is 11.1 Å². The molecule has 2 aliphatic heterocycles. The summed E-state index contributed by atoms with van der Waals surface area (Å²) in [5.74, 6) is -6.93. The molecule has 1 saturated carbocycles. The fourth-order valence-electron chi connectivity index (χ4n) is 5.99. The molecule has 0 aromatic heterocycles. The Morgan fingerprint density at radius 3 is 1.03 bits per heavy atom. The monoisotopic (exact) mass is 400 g/mol. The number of carbonyl (C=O) groups excluding carboxylic acids is 4. The summed E-state index contributed by atoms with van der Waals surface area (Å²) in [7, 11) is 0. The zero-order valence-electron chi connectivity index (χ0n) is 15.7. The van der Waals surface area contributed by atoms with Crippen LogP contribution in [-0.2, 0) is 28.7 Å². The van der Waals surface area contributed by atoms with Crippen molar-refractivity contribution in [2.24, 2.45) is 35.5 Å². The van der Waals surface area contributed by atoms with E-state index in [-0.39, 0.29) is 0 Å². The van der Waals surface area contributed by atoms with Crippen LogP contribution in [0.25, 0.3) is 11.1 Å². The summed E-state index contributed by atoms with van der Waals surface area (Å²) >= 11 is 0. The minimum atomic E-state index is -0.787. The fourth-order valence-corrected chi connectivity index (χ4v) is 5.99. The topological polar surface area (TPSA) is 86.7 Å². The van der Waals surface area contributed by atoms with E-state index in [2.05, 4.69) is 0 Å². The molecule has 3 fully saturated rings. The molecule has 30 heavy (non-hydrogen) atoms. The summed E-state index contributed by atoms with van der Waals surface area (Å²) < 4.78 is 10.1. The van der Waals surface area contributed by atoms with E-state index in [0.717, 1.165) is 22.3 Å². The van der Waals surface area contributed by atoms with Gasteiger partial charge in [0.15, 0.2) is 0 Å². The first-order valence-electron chi connectivity index (χ1n) is 9.94. The number of cyclic esters (lactones) is 4. The molecule has 6 atom stereocenters. The average molecular weight is 400 g/mol. The van der Waals surface area contributed by atoms with Crippen LogP contribution in [0.3, 0.4) is 0 Å². The smallest absolute Gasteiger partial charge is 0.318 e. The molecule has 148 valence electrons. The Morgan fingerprint density at radius 1 is 0.433 bits per heavy atom. The van der Waals surface area contributed by atoms with Crippen molar-refractivity contribution in [3.8, 4) is 0 Å². The summed E-state index contributed by atoms with van der Waals surface area (Å²) in [5.41, 5.74) is 3.38. The molecular weight excluding hydrogens is 384 g/mol. The van der Waals surface area contributed by atoms with Gasteiger partial charge in [-0.3, -0.25) is 19.2 Å². The molecule has 2 heterocycles. The maximum Gasteiger partial charge on any atom is 0.318 e. The van der Waals surface area contributed by atoms with Crippen molar-refractivity contribution in [1.29, 1.82) is 0 Å². The van der Waals surface area contributed by atoms with Crippen LogP contribution in [0.5, 0.6) is 0 Å². The molecule has 2 aromatic rings. The van der Waals surface area contributed by atoms with Crippen LogP contribution in [0.15, 0.2) is 60.7 Å². The summed E-state index contributed by atoms with van der Waals surface area (Å²) in [4.78, 5) is 50.8. The van der Waals surface area contributed by atoms with E-state index in [1.165, 1.54) is 0 Å². The lowest BCUT2D eigenvalue weighted by molar-refractivity contribution is -0.154. The maximum absolute atomic E-state index is 12.7. The van der Waals surface area contributed by atoms with Gasteiger partial charge in [-0.1, -0.05) is 60.7 Å². The Morgan fingerprint density at radius 2 is 0.733 bits per heavy atom. The molecule has 2 saturated heterocycles. The summed E-state index contributed by atoms with van der Waals surface area (Å²) in [5, 5.41) is 0. The number of rotatable bonds is 2. The molecule has 0 radical (unpaired) electrons. The van der Waals surface area contributed by atoms with Crippen molar-refractivity contribution in [3.05, 3.63) is 71.8 Å². The Kier molecular flexibility index (Phi) is 3.46. The zero-order chi connectivity index (χ0) is 20.6. The molecule has 3 aliphatic carbocycles. The highest BCUT2D eigenvalue weighted by Crippen LogP contribution is 2.65. The van der Waals surface area contributed by atoms with Crippen molar-refractivity contribution in [2.45, 2.75) is 0 Å². The molecule has 6 heteroatoms. The van der Waals surface area contributed by atoms with E-state index in [9.17, 15) is 19.2 Å². The normalized spacial score (nSPS) is 34.0. The highest BCUT2D eigenvalue weighted by Gasteiger charge is 2.71. The van der Waals surface area contributed by atoms with Gasteiger partial charge in [-0.15, -0.1) is 0 Å². The molecule has 7 rings (SSSR count). The SMILES string of the molecule is O=C1OC(=O)[C@@H]2C3C(c4ccccc4)=C(c4ccccc4)C([C@@H]12)[C@@H]1C(=O)OC(=O)[C@@H]31. The third-order valence-electron chi connectivity index (χ3n) is 6.94. The molecule has 2 aromatic carbocycles. The van der Waals surface area contributed by atoms with Crippen LogP contribution in [0.2, 0.25) is 0 Å². The van der Waals surface area contributed by atoms with E-state index >= 15 is 0 Å². The van der Waals surface area contributed by atoms with Crippen LogP contribution < -0.4 is 0 Å². The van der Waals surface area contributed by atoms with E-state index < -0.39 is 59.4 Å². The second-order valence-corrected chi connectivity index (χ2v) is 8.19. The largest absolute Gasteiger partial charge is 0.393 e. The van der Waals surface area contributed by atoms with Crippen molar-refractivity contribution in [3.63, 3.8) is 0 Å². The van der Waals surface area contributed by atoms with Crippen LogP contribution in [0.4, 0.5) is 0 Å². The lowest BCUT2D eigenvalue weighted by Crippen LogP contribution is -2.53. The third kappa shape index (κ3) is 2.08. The Balaban J connectivity index is 1.70. The lowest BCUT2D eigenvalue weighted by Gasteiger charge is -2.49. The molecule has 2 bridgehead atoms. The van der Waals surface area contributed by atoms with Gasteiger partial charge in [0.25, 0.3) is 0 Å². The van der Waals surface area contributed by atoms with Gasteiger partial charge in [-0.2, -0.15) is 0 Å². The molecular formula is C24H16O6. The van der Waals surface area contributed by atoms with Crippen LogP contribution in [0, 0.1) is 35.5 Å². The molecule has 5 aliphatic rings. The van der Waals surface area contributed by atoms with E-state index in [4.69, 9.17) is 9.47 Å². The predicted molar refractivity (Wildman–Crippen MR) is 103 cm³/mol. The van der Waals surface area contributed by atoms with Gasteiger partial charge >= 0.3 is 23.9 Å². The van der Waals surface area contributed by atoms with Crippen molar-refractivity contribution in [1.82, 2.24) is 0 Å². The number of benzene rings is 2. The van der Waals surface area contributed by atoms with Crippen molar-refractivity contribution < 1.29 is 28.7 Å². The number of allylic oxidation sites excluding steroid dienone is 2. The van der Waals surface area contributed by atoms with Gasteiger partial charge in [0, 0.05) is 11.8 Å². The van der Waals surface area contributed by atoms with Crippen LogP contribution in [-0.4, -0.2) is 23.9 Å². The molecule has 0 N–H and O–H groups in total. The van der Waals surface area contributed by atoms with E-state index in [0.29, 0.717) is 0 Å². The lowest BCUT2D eigenvalue weighted by atomic mass is 9.48. The van der Waals surface area contributed by atoms with E-state index in [1.54, 1.807) is 0 Å². The number of hydrogen-bond donors (Lipinski definition) is 0. The average Bonchev–Trinajstić information content (AvgIpc) is 3.25. The third-order valence-corrected chi connectivity index (χ3v) is 6.94. The Hall–Kier alpha value is -3.54. The number of ether oxygens (including phenoxy) is 2. The summed E-state index contributed by atoms with van der Waals surface area (Å²) in [6.07, 6.45) is 0. The highest BCUT2D eigenvalue weighted by atomic mass is 16.6. The minimum Gasteiger partial charge on any atom is -0.393 e. The van der Waals surface area contributed by atoms with Gasteiger partial charge in [-0.05, 0) is 22.3 Å². The van der Waals surface area contributed by atoms with Gasteiger partial charge in [0.05, 0.1) is 23.7 Å². The molecule has 6 nitrogen and oxygen atoms in total. The van der Waals surface area contributed by atoms with Crippen LogP contribution >= 0.6 is 0 Å². The van der Waals surface area contributed by atoms with Gasteiger partial charge in [0.2, 0.25) is 0 Å². The van der Waals surface area contributed by atoms with Gasteiger partial charge in [-0.25, -0.2) is 0 Å². The van der Waals surface area contributed by atoms with E-state index in [1.807, 2.05) is 60.7 Å².